The van der Waals surface area contributed by atoms with Crippen LogP contribution in [0.25, 0.3) is 0 Å². The summed E-state index contributed by atoms with van der Waals surface area (Å²) in [5.74, 6) is -1.91. The largest absolute Gasteiger partial charge is 0.478 e. The van der Waals surface area contributed by atoms with Crippen molar-refractivity contribution in [2.75, 3.05) is 33.7 Å². The third kappa shape index (κ3) is 4.83. The Bertz CT molecular complexity index is 814. The highest BCUT2D eigenvalue weighted by molar-refractivity contribution is 7.89. The lowest BCUT2D eigenvalue weighted by Gasteiger charge is -2.32. The molecule has 2 amide bonds. The van der Waals surface area contributed by atoms with Gasteiger partial charge >= 0.3 is 5.97 Å². The van der Waals surface area contributed by atoms with Crippen LogP contribution >= 0.6 is 0 Å². The van der Waals surface area contributed by atoms with Gasteiger partial charge in [-0.2, -0.15) is 4.31 Å². The number of aromatic carboxylic acids is 1. The van der Waals surface area contributed by atoms with Crippen molar-refractivity contribution >= 4 is 27.8 Å². The molecular weight excluding hydrogens is 374 g/mol. The number of hydrogen-bond donors (Lipinski definition) is 2. The van der Waals surface area contributed by atoms with Crippen LogP contribution in [0.2, 0.25) is 0 Å². The number of nitrogens with one attached hydrogen (secondary N) is 1. The molecule has 1 aromatic carbocycles. The molecule has 10 heteroatoms. The normalized spacial score (nSPS) is 15.9. The summed E-state index contributed by atoms with van der Waals surface area (Å²) in [5.41, 5.74) is 0.0115. The first-order chi connectivity index (χ1) is 12.7. The molecule has 0 saturated carbocycles. The number of sulfonamides is 1. The van der Waals surface area contributed by atoms with Gasteiger partial charge in [0.1, 0.15) is 0 Å². The number of rotatable bonds is 6. The molecule has 0 aromatic heterocycles. The third-order valence-electron chi connectivity index (χ3n) is 4.58. The van der Waals surface area contributed by atoms with Gasteiger partial charge in [-0.25, -0.2) is 13.2 Å². The molecule has 1 aliphatic rings. The van der Waals surface area contributed by atoms with E-state index < -0.39 is 16.0 Å². The van der Waals surface area contributed by atoms with E-state index in [9.17, 15) is 22.8 Å². The molecular formula is C17H23N3O6S. The van der Waals surface area contributed by atoms with Crippen LogP contribution in [0, 0.1) is 5.92 Å². The zero-order valence-corrected chi connectivity index (χ0v) is 16.0. The first-order valence-corrected chi connectivity index (χ1v) is 9.90. The molecule has 1 saturated heterocycles. The molecule has 0 bridgehead atoms. The molecule has 0 aliphatic carbocycles. The van der Waals surface area contributed by atoms with Gasteiger partial charge in [-0.3, -0.25) is 9.59 Å². The fourth-order valence-corrected chi connectivity index (χ4v) is 4.42. The molecule has 0 radical (unpaired) electrons. The van der Waals surface area contributed by atoms with E-state index >= 15 is 0 Å². The quantitative estimate of drug-likeness (QED) is 0.696. The number of carboxylic acid groups (broad SMARTS) is 1. The summed E-state index contributed by atoms with van der Waals surface area (Å²) in [7, 11) is -0.706. The lowest BCUT2D eigenvalue weighted by Crippen LogP contribution is -2.45. The number of benzene rings is 1. The Kier molecular flexibility index (Phi) is 6.55. The van der Waals surface area contributed by atoms with Crippen molar-refractivity contribution in [2.24, 2.45) is 5.92 Å². The minimum atomic E-state index is -3.75. The topological polar surface area (TPSA) is 124 Å². The summed E-state index contributed by atoms with van der Waals surface area (Å²) in [6, 6.07) is 5.04. The molecule has 0 unspecified atom stereocenters. The van der Waals surface area contributed by atoms with Crippen molar-refractivity contribution in [2.45, 2.75) is 17.7 Å². The highest BCUT2D eigenvalue weighted by atomic mass is 32.2. The van der Waals surface area contributed by atoms with E-state index in [1.165, 1.54) is 40.5 Å². The van der Waals surface area contributed by atoms with E-state index in [0.717, 1.165) is 0 Å². The summed E-state index contributed by atoms with van der Waals surface area (Å²) < 4.78 is 26.7. The standard InChI is InChI=1S/C17H23N3O6S/c1-18-15(21)11-19(2)16(22)12-7-9-20(10-8-12)27(25,26)14-5-3-13(4-6-14)17(23)24/h3-6,12H,7-11H2,1-2H3,(H,18,21)(H,23,24). The molecule has 1 fully saturated rings. The predicted octanol–water partition coefficient (Wildman–Crippen LogP) is -0.0101. The fourth-order valence-electron chi connectivity index (χ4n) is 2.95. The second-order valence-electron chi connectivity index (χ2n) is 6.38. The maximum absolute atomic E-state index is 12.7. The Labute approximate surface area is 158 Å². The number of nitrogens with zero attached hydrogens (tertiary/aromatic N) is 2. The van der Waals surface area contributed by atoms with Crippen LogP contribution in [0.5, 0.6) is 0 Å². The molecule has 0 spiro atoms. The average molecular weight is 397 g/mol. The summed E-state index contributed by atoms with van der Waals surface area (Å²) in [4.78, 5) is 36.0. The minimum absolute atomic E-state index is 0.0115. The summed E-state index contributed by atoms with van der Waals surface area (Å²) in [5, 5.41) is 11.4. The minimum Gasteiger partial charge on any atom is -0.478 e. The van der Waals surface area contributed by atoms with Crippen LogP contribution in [0.1, 0.15) is 23.2 Å². The number of hydrogen-bond acceptors (Lipinski definition) is 5. The van der Waals surface area contributed by atoms with Gasteiger partial charge in [0.15, 0.2) is 0 Å². The highest BCUT2D eigenvalue weighted by Crippen LogP contribution is 2.25. The average Bonchev–Trinajstić information content (AvgIpc) is 2.67. The second kappa shape index (κ2) is 8.49. The van der Waals surface area contributed by atoms with Crippen LogP contribution < -0.4 is 5.32 Å². The van der Waals surface area contributed by atoms with Crippen molar-refractivity contribution in [1.29, 1.82) is 0 Å². The Hall–Kier alpha value is -2.46. The fraction of sp³-hybridized carbons (Fsp3) is 0.471. The van der Waals surface area contributed by atoms with Crippen LogP contribution in [0.4, 0.5) is 0 Å². The lowest BCUT2D eigenvalue weighted by molar-refractivity contribution is -0.138. The number of carbonyl (C=O) groups excluding carboxylic acids is 2. The van der Waals surface area contributed by atoms with Gasteiger partial charge in [0.2, 0.25) is 21.8 Å². The highest BCUT2D eigenvalue weighted by Gasteiger charge is 2.33. The number of piperidine rings is 1. The number of likely N-dealkylation sites (N-methyl/N-ethyl adjacent to an activating group) is 2. The van der Waals surface area contributed by atoms with E-state index in [2.05, 4.69) is 5.32 Å². The van der Waals surface area contributed by atoms with Gasteiger partial charge in [0.25, 0.3) is 0 Å². The van der Waals surface area contributed by atoms with Gasteiger partial charge in [0, 0.05) is 33.1 Å². The van der Waals surface area contributed by atoms with Gasteiger partial charge in [-0.1, -0.05) is 0 Å². The Morgan fingerprint density at radius 3 is 2.22 bits per heavy atom. The Morgan fingerprint density at radius 1 is 1.19 bits per heavy atom. The van der Waals surface area contributed by atoms with Crippen LogP contribution in [-0.4, -0.2) is 74.2 Å². The molecule has 2 N–H and O–H groups in total. The smallest absolute Gasteiger partial charge is 0.335 e. The van der Waals surface area contributed by atoms with Gasteiger partial charge in [-0.15, -0.1) is 0 Å². The summed E-state index contributed by atoms with van der Waals surface area (Å²) >= 11 is 0. The van der Waals surface area contributed by atoms with Gasteiger partial charge in [-0.05, 0) is 37.1 Å². The summed E-state index contributed by atoms with van der Waals surface area (Å²) in [6.07, 6.45) is 0.729. The lowest BCUT2D eigenvalue weighted by atomic mass is 9.97. The SMILES string of the molecule is CNC(=O)CN(C)C(=O)C1CCN(S(=O)(=O)c2ccc(C(=O)O)cc2)CC1. The number of carbonyl (C=O) groups is 3. The van der Waals surface area contributed by atoms with E-state index in [1.807, 2.05) is 0 Å². The zero-order valence-electron chi connectivity index (χ0n) is 15.2. The van der Waals surface area contributed by atoms with Crippen molar-refractivity contribution < 1.29 is 27.9 Å². The molecule has 148 valence electrons. The monoisotopic (exact) mass is 397 g/mol. The molecule has 2 rings (SSSR count). The maximum Gasteiger partial charge on any atom is 0.335 e. The van der Waals surface area contributed by atoms with E-state index in [-0.39, 0.29) is 47.8 Å². The molecule has 1 aliphatic heterocycles. The first-order valence-electron chi connectivity index (χ1n) is 8.46. The van der Waals surface area contributed by atoms with Crippen molar-refractivity contribution in [3.63, 3.8) is 0 Å². The first kappa shape index (κ1) is 20.8. The molecule has 0 atom stereocenters. The summed E-state index contributed by atoms with van der Waals surface area (Å²) in [6.45, 7) is 0.338. The Morgan fingerprint density at radius 2 is 1.74 bits per heavy atom. The predicted molar refractivity (Wildman–Crippen MR) is 96.6 cm³/mol. The van der Waals surface area contributed by atoms with E-state index in [4.69, 9.17) is 5.11 Å². The van der Waals surface area contributed by atoms with Gasteiger partial charge < -0.3 is 15.3 Å². The molecule has 1 heterocycles. The van der Waals surface area contributed by atoms with E-state index in [1.54, 1.807) is 7.05 Å². The van der Waals surface area contributed by atoms with Gasteiger partial charge in [0.05, 0.1) is 17.0 Å². The number of carboxylic acids is 1. The van der Waals surface area contributed by atoms with Crippen LogP contribution in [0.3, 0.4) is 0 Å². The van der Waals surface area contributed by atoms with E-state index in [0.29, 0.717) is 12.8 Å². The van der Waals surface area contributed by atoms with Crippen LogP contribution in [-0.2, 0) is 19.6 Å². The van der Waals surface area contributed by atoms with Crippen molar-refractivity contribution in [3.05, 3.63) is 29.8 Å². The molecule has 9 nitrogen and oxygen atoms in total. The Balaban J connectivity index is 2.00. The zero-order chi connectivity index (χ0) is 20.2. The molecule has 27 heavy (non-hydrogen) atoms. The van der Waals surface area contributed by atoms with Crippen molar-refractivity contribution in [3.8, 4) is 0 Å². The second-order valence-corrected chi connectivity index (χ2v) is 8.31. The van der Waals surface area contributed by atoms with Crippen molar-refractivity contribution in [1.82, 2.24) is 14.5 Å². The van der Waals surface area contributed by atoms with Crippen LogP contribution in [0.15, 0.2) is 29.2 Å². The third-order valence-corrected chi connectivity index (χ3v) is 6.49. The number of amides is 2. The maximum atomic E-state index is 12.7. The molecule has 1 aromatic rings.